The van der Waals surface area contributed by atoms with E-state index in [1.54, 1.807) is 19.1 Å². The van der Waals surface area contributed by atoms with Crippen LogP contribution in [0.4, 0.5) is 13.2 Å². The van der Waals surface area contributed by atoms with Gasteiger partial charge in [-0.15, -0.1) is 13.2 Å². The molecule has 0 saturated carbocycles. The van der Waals surface area contributed by atoms with Gasteiger partial charge in [0, 0.05) is 0 Å². The lowest BCUT2D eigenvalue weighted by molar-refractivity contribution is -0.274. The van der Waals surface area contributed by atoms with Crippen molar-refractivity contribution in [1.82, 2.24) is 0 Å². The Morgan fingerprint density at radius 3 is 1.70 bits per heavy atom. The summed E-state index contributed by atoms with van der Waals surface area (Å²) in [5, 5.41) is 8.41. The van der Waals surface area contributed by atoms with Crippen molar-refractivity contribution in [3.05, 3.63) is 89.0 Å². The lowest BCUT2D eigenvalue weighted by atomic mass is 10.2. The summed E-state index contributed by atoms with van der Waals surface area (Å²) in [5.41, 5.74) is 3.80. The number of halogens is 3. The van der Waals surface area contributed by atoms with Crippen molar-refractivity contribution in [2.45, 2.75) is 68.7 Å². The number of rotatable bonds is 1. The van der Waals surface area contributed by atoms with E-state index in [0.717, 1.165) is 28.2 Å². The lowest BCUT2D eigenvalue weighted by Crippen LogP contribution is -2.17. The molecule has 0 radical (unpaired) electrons. The number of aryl methyl sites for hydroxylation is 3. The molecular weight excluding hydrogens is 479 g/mol. The van der Waals surface area contributed by atoms with Crippen LogP contribution in [0, 0.1) is 32.1 Å². The second kappa shape index (κ2) is 20.5. The van der Waals surface area contributed by atoms with E-state index >= 15 is 0 Å². The summed E-state index contributed by atoms with van der Waals surface area (Å²) in [7, 11) is 0. The van der Waals surface area contributed by atoms with Gasteiger partial charge in [0.2, 0.25) is 6.79 Å². The molecule has 3 aromatic rings. The average Bonchev–Trinajstić information content (AvgIpc) is 3.35. The van der Waals surface area contributed by atoms with E-state index in [9.17, 15) is 13.2 Å². The normalized spacial score (nSPS) is 9.92. The highest BCUT2D eigenvalue weighted by Gasteiger charge is 2.30. The minimum absolute atomic E-state index is 0.178. The summed E-state index contributed by atoms with van der Waals surface area (Å²) in [6.45, 7) is 18.1. The molecule has 0 unspecified atom stereocenters. The number of hydrogen-bond acceptors (Lipinski definition) is 4. The summed E-state index contributed by atoms with van der Waals surface area (Å²) >= 11 is 0. The first-order chi connectivity index (χ1) is 17.7. The Hall–Kier alpha value is -3.66. The predicted octanol–water partition coefficient (Wildman–Crippen LogP) is 9.56. The molecule has 0 spiro atoms. The van der Waals surface area contributed by atoms with Crippen LogP contribution in [0.1, 0.15) is 63.8 Å². The van der Waals surface area contributed by atoms with Gasteiger partial charge in [-0.2, -0.15) is 5.26 Å². The van der Waals surface area contributed by atoms with Crippen LogP contribution in [0.5, 0.6) is 17.2 Å². The molecule has 1 aliphatic heterocycles. The molecular formula is C30H40F3NO3. The van der Waals surface area contributed by atoms with E-state index in [-0.39, 0.29) is 5.75 Å². The number of ether oxygens (including phenoxy) is 3. The third kappa shape index (κ3) is 16.6. The van der Waals surface area contributed by atoms with Crippen LogP contribution >= 0.6 is 0 Å². The maximum Gasteiger partial charge on any atom is 0.573 e. The van der Waals surface area contributed by atoms with Crippen LogP contribution in [-0.2, 0) is 0 Å². The summed E-state index contributed by atoms with van der Waals surface area (Å²) in [6.07, 6.45) is -4.60. The molecule has 0 atom stereocenters. The topological polar surface area (TPSA) is 51.5 Å². The summed E-state index contributed by atoms with van der Waals surface area (Å²) in [6, 6.07) is 21.3. The van der Waals surface area contributed by atoms with Gasteiger partial charge in [-0.25, -0.2) is 0 Å². The van der Waals surface area contributed by atoms with Crippen molar-refractivity contribution in [1.29, 1.82) is 5.26 Å². The Labute approximate surface area is 220 Å². The number of hydrogen-bond donors (Lipinski definition) is 0. The summed E-state index contributed by atoms with van der Waals surface area (Å²) in [4.78, 5) is 0. The largest absolute Gasteiger partial charge is 0.573 e. The fourth-order valence-electron chi connectivity index (χ4n) is 2.53. The average molecular weight is 520 g/mol. The molecule has 4 rings (SSSR count). The zero-order valence-corrected chi connectivity index (χ0v) is 23.4. The Bertz CT molecular complexity index is 1040. The number of nitrogens with zero attached hydrogens (tertiary/aromatic N) is 1. The van der Waals surface area contributed by atoms with Crippen molar-refractivity contribution >= 4 is 0 Å². The van der Waals surface area contributed by atoms with Crippen molar-refractivity contribution in [2.24, 2.45) is 0 Å². The van der Waals surface area contributed by atoms with Gasteiger partial charge in [0.25, 0.3) is 0 Å². The standard InChI is InChI=1S/C8H7F3O.C8H7N.C8H8O2.3C2H6/c1-6-3-2-4-7(5-6)12-8(9,10)11;1-7-3-2-4-8(5-7)6-9;1-6-2-3-7-8(4-6)10-5-9-7;3*1-2/h2-5H,1H3;2-5H,1H3;2-4H,5H2,1H3;3*1-2H3. The van der Waals surface area contributed by atoms with Crippen LogP contribution in [0.3, 0.4) is 0 Å². The zero-order valence-electron chi connectivity index (χ0n) is 23.4. The van der Waals surface area contributed by atoms with Gasteiger partial charge < -0.3 is 14.2 Å². The van der Waals surface area contributed by atoms with Crippen LogP contribution in [-0.4, -0.2) is 13.2 Å². The first-order valence-electron chi connectivity index (χ1n) is 12.3. The first-order valence-corrected chi connectivity index (χ1v) is 12.3. The van der Waals surface area contributed by atoms with Crippen LogP contribution in [0.15, 0.2) is 66.7 Å². The number of alkyl halides is 3. The van der Waals surface area contributed by atoms with Gasteiger partial charge in [-0.1, -0.05) is 71.9 Å². The van der Waals surface area contributed by atoms with Crippen molar-refractivity contribution < 1.29 is 27.4 Å². The Morgan fingerprint density at radius 1 is 0.703 bits per heavy atom. The zero-order chi connectivity index (χ0) is 28.9. The van der Waals surface area contributed by atoms with Gasteiger partial charge >= 0.3 is 6.36 Å². The summed E-state index contributed by atoms with van der Waals surface area (Å²) < 4.78 is 48.9. The molecule has 0 saturated heterocycles. The monoisotopic (exact) mass is 519 g/mol. The molecule has 0 amide bonds. The minimum atomic E-state index is -4.60. The molecule has 0 aliphatic carbocycles. The van der Waals surface area contributed by atoms with Gasteiger partial charge in [0.1, 0.15) is 5.75 Å². The Kier molecular flexibility index (Phi) is 19.7. The van der Waals surface area contributed by atoms with Crippen LogP contribution in [0.25, 0.3) is 0 Å². The second-order valence-corrected chi connectivity index (χ2v) is 6.70. The molecule has 37 heavy (non-hydrogen) atoms. The summed E-state index contributed by atoms with van der Waals surface area (Å²) in [5.74, 6) is 1.54. The highest BCUT2D eigenvalue weighted by molar-refractivity contribution is 5.44. The van der Waals surface area contributed by atoms with Crippen LogP contribution in [0.2, 0.25) is 0 Å². The van der Waals surface area contributed by atoms with E-state index in [2.05, 4.69) is 10.8 Å². The van der Waals surface area contributed by atoms with Crippen molar-refractivity contribution in [3.63, 3.8) is 0 Å². The highest BCUT2D eigenvalue weighted by atomic mass is 19.4. The molecule has 3 aromatic carbocycles. The smallest absolute Gasteiger partial charge is 0.454 e. The van der Waals surface area contributed by atoms with Gasteiger partial charge in [-0.05, 0) is 73.9 Å². The van der Waals surface area contributed by atoms with Gasteiger partial charge in [0.05, 0.1) is 11.6 Å². The molecule has 204 valence electrons. The first kappa shape index (κ1) is 35.5. The molecule has 0 aromatic heterocycles. The van der Waals surface area contributed by atoms with E-state index in [1.165, 1.54) is 23.8 Å². The van der Waals surface area contributed by atoms with Crippen molar-refractivity contribution in [2.75, 3.05) is 6.79 Å². The Balaban J connectivity index is 0. The molecule has 1 heterocycles. The minimum Gasteiger partial charge on any atom is -0.454 e. The highest BCUT2D eigenvalue weighted by Crippen LogP contribution is 2.32. The van der Waals surface area contributed by atoms with Gasteiger partial charge in [-0.3, -0.25) is 0 Å². The van der Waals surface area contributed by atoms with E-state index < -0.39 is 6.36 Å². The predicted molar refractivity (Wildman–Crippen MR) is 145 cm³/mol. The van der Waals surface area contributed by atoms with E-state index in [1.807, 2.05) is 91.8 Å². The SMILES string of the molecule is CC.CC.CC.Cc1ccc2c(c1)OCO2.Cc1cccc(C#N)c1.Cc1cccc(OC(F)(F)F)c1. The van der Waals surface area contributed by atoms with E-state index in [0.29, 0.717) is 6.79 Å². The molecule has 0 fully saturated rings. The second-order valence-electron chi connectivity index (χ2n) is 6.70. The number of benzene rings is 3. The third-order valence-corrected chi connectivity index (χ3v) is 3.90. The number of nitriles is 1. The fraction of sp³-hybridized carbons (Fsp3) is 0.367. The quantitative estimate of drug-likeness (QED) is 0.321. The van der Waals surface area contributed by atoms with Crippen LogP contribution < -0.4 is 14.2 Å². The molecule has 0 N–H and O–H groups in total. The molecule has 4 nitrogen and oxygen atoms in total. The third-order valence-electron chi connectivity index (χ3n) is 3.90. The van der Waals surface area contributed by atoms with Gasteiger partial charge in [0.15, 0.2) is 11.5 Å². The molecule has 7 heteroatoms. The maximum absolute atomic E-state index is 11.7. The lowest BCUT2D eigenvalue weighted by Gasteiger charge is -2.08. The fourth-order valence-corrected chi connectivity index (χ4v) is 2.53. The molecule has 0 bridgehead atoms. The maximum atomic E-state index is 11.7. The molecule has 1 aliphatic rings. The number of fused-ring (bicyclic) bond motifs is 1. The Morgan fingerprint density at radius 2 is 1.22 bits per heavy atom. The van der Waals surface area contributed by atoms with E-state index in [4.69, 9.17) is 14.7 Å². The van der Waals surface area contributed by atoms with Crippen molar-refractivity contribution in [3.8, 4) is 23.3 Å².